The average molecular weight is 458 g/mol. The van der Waals surface area contributed by atoms with E-state index in [0.29, 0.717) is 17.5 Å². The van der Waals surface area contributed by atoms with Gasteiger partial charge in [-0.1, -0.05) is 19.1 Å². The summed E-state index contributed by atoms with van der Waals surface area (Å²) in [5.74, 6) is -1.10. The summed E-state index contributed by atoms with van der Waals surface area (Å²) in [4.78, 5) is 33.4. The lowest BCUT2D eigenvalue weighted by Gasteiger charge is -2.11. The molecule has 0 atom stereocenters. The second-order valence-corrected chi connectivity index (χ2v) is 9.30. The molecule has 0 bridgehead atoms. The highest BCUT2D eigenvalue weighted by molar-refractivity contribution is 7.91. The third-order valence-corrected chi connectivity index (χ3v) is 6.20. The highest BCUT2D eigenvalue weighted by Crippen LogP contribution is 2.18. The Balaban J connectivity index is 1.74. The van der Waals surface area contributed by atoms with Crippen LogP contribution in [0.3, 0.4) is 0 Å². The van der Waals surface area contributed by atoms with Crippen LogP contribution in [-0.2, 0) is 19.4 Å². The molecule has 3 aromatic rings. The largest absolute Gasteiger partial charge is 0.452 e. The first-order chi connectivity index (χ1) is 15.1. The number of carbonyl (C=O) groups excluding carboxylic acids is 2. The number of aryl methyl sites for hydroxylation is 3. The van der Waals surface area contributed by atoms with Crippen LogP contribution >= 0.6 is 0 Å². The smallest absolute Gasteiger partial charge is 0.339 e. The van der Waals surface area contributed by atoms with E-state index in [2.05, 4.69) is 20.4 Å². The van der Waals surface area contributed by atoms with Crippen LogP contribution < -0.4 is 5.32 Å². The number of rotatable bonds is 7. The zero-order valence-corrected chi connectivity index (χ0v) is 18.9. The van der Waals surface area contributed by atoms with Gasteiger partial charge in [-0.3, -0.25) is 4.79 Å². The van der Waals surface area contributed by atoms with E-state index in [4.69, 9.17) is 4.74 Å². The Morgan fingerprint density at radius 1 is 1.03 bits per heavy atom. The molecule has 0 saturated carbocycles. The lowest BCUT2D eigenvalue weighted by atomic mass is 10.2. The summed E-state index contributed by atoms with van der Waals surface area (Å²) < 4.78 is 30.9. The van der Waals surface area contributed by atoms with Crippen molar-refractivity contribution in [2.75, 3.05) is 17.7 Å². The van der Waals surface area contributed by atoms with Gasteiger partial charge >= 0.3 is 5.97 Å². The van der Waals surface area contributed by atoms with Gasteiger partial charge in [-0.25, -0.2) is 23.2 Å². The van der Waals surface area contributed by atoms with E-state index in [-0.39, 0.29) is 16.2 Å². The molecule has 11 heteroatoms. The molecular formula is C21H23N5O5S. The number of esters is 1. The van der Waals surface area contributed by atoms with Crippen molar-refractivity contribution in [1.29, 1.82) is 0 Å². The van der Waals surface area contributed by atoms with Gasteiger partial charge < -0.3 is 10.1 Å². The third-order valence-electron chi connectivity index (χ3n) is 4.42. The van der Waals surface area contributed by atoms with Crippen molar-refractivity contribution in [2.24, 2.45) is 0 Å². The Bertz CT molecular complexity index is 1260. The minimum absolute atomic E-state index is 0.119. The second-order valence-electron chi connectivity index (χ2n) is 7.06. The van der Waals surface area contributed by atoms with Crippen molar-refractivity contribution in [1.82, 2.24) is 19.7 Å². The van der Waals surface area contributed by atoms with E-state index in [9.17, 15) is 18.0 Å². The Morgan fingerprint density at radius 3 is 2.34 bits per heavy atom. The van der Waals surface area contributed by atoms with Crippen LogP contribution in [0.15, 0.2) is 41.3 Å². The molecule has 0 saturated heterocycles. The van der Waals surface area contributed by atoms with Gasteiger partial charge in [0.2, 0.25) is 0 Å². The van der Waals surface area contributed by atoms with E-state index < -0.39 is 28.3 Å². The van der Waals surface area contributed by atoms with E-state index in [0.717, 1.165) is 11.4 Å². The molecule has 2 heterocycles. The number of ether oxygens (including phenoxy) is 1. The van der Waals surface area contributed by atoms with Crippen molar-refractivity contribution in [3.8, 4) is 5.95 Å². The molecule has 0 radical (unpaired) electrons. The minimum Gasteiger partial charge on any atom is -0.452 e. The number of anilines is 1. The highest BCUT2D eigenvalue weighted by Gasteiger charge is 2.22. The molecule has 2 aromatic heterocycles. The molecule has 1 aromatic carbocycles. The molecule has 0 aliphatic carbocycles. The standard InChI is InChI=1S/C21H23N5O5S/c1-5-32(29,30)17-9-7-6-8-16(17)20(28)31-12-19(27)24-18-11-15(4)25-26(18)21-22-13(2)10-14(3)23-21/h6-11H,5,12H2,1-4H3,(H,24,27). The number of carbonyl (C=O) groups is 2. The molecule has 0 aliphatic heterocycles. The van der Waals surface area contributed by atoms with E-state index in [1.807, 2.05) is 19.9 Å². The van der Waals surface area contributed by atoms with Crippen molar-refractivity contribution in [3.63, 3.8) is 0 Å². The average Bonchev–Trinajstić information content (AvgIpc) is 3.11. The fraction of sp³-hybridized carbons (Fsp3) is 0.286. The number of nitrogens with zero attached hydrogens (tertiary/aromatic N) is 4. The monoisotopic (exact) mass is 457 g/mol. The van der Waals surface area contributed by atoms with Crippen molar-refractivity contribution in [3.05, 3.63) is 59.0 Å². The zero-order chi connectivity index (χ0) is 23.5. The van der Waals surface area contributed by atoms with Crippen LogP contribution in [0.4, 0.5) is 5.82 Å². The van der Waals surface area contributed by atoms with E-state index in [1.54, 1.807) is 13.0 Å². The van der Waals surface area contributed by atoms with Gasteiger partial charge in [0, 0.05) is 17.5 Å². The molecule has 1 amide bonds. The zero-order valence-electron chi connectivity index (χ0n) is 18.1. The summed E-state index contributed by atoms with van der Waals surface area (Å²) in [5.41, 5.74) is 1.99. The fourth-order valence-corrected chi connectivity index (χ4v) is 4.08. The molecule has 168 valence electrons. The molecule has 0 spiro atoms. The Kier molecular flexibility index (Phi) is 6.68. The van der Waals surface area contributed by atoms with E-state index in [1.165, 1.54) is 35.9 Å². The first-order valence-corrected chi connectivity index (χ1v) is 11.4. The number of hydrogen-bond donors (Lipinski definition) is 1. The summed E-state index contributed by atoms with van der Waals surface area (Å²) in [6, 6.07) is 9.17. The molecule has 32 heavy (non-hydrogen) atoms. The summed E-state index contributed by atoms with van der Waals surface area (Å²) in [7, 11) is -3.63. The van der Waals surface area contributed by atoms with Gasteiger partial charge in [0.15, 0.2) is 16.4 Å². The topological polar surface area (TPSA) is 133 Å². The van der Waals surface area contributed by atoms with Gasteiger partial charge in [-0.2, -0.15) is 9.78 Å². The Morgan fingerprint density at radius 2 is 1.69 bits per heavy atom. The lowest BCUT2D eigenvalue weighted by molar-refractivity contribution is -0.119. The van der Waals surface area contributed by atoms with Crippen molar-refractivity contribution in [2.45, 2.75) is 32.6 Å². The van der Waals surface area contributed by atoms with Crippen molar-refractivity contribution >= 4 is 27.5 Å². The molecule has 0 unspecified atom stereocenters. The van der Waals surface area contributed by atoms with Crippen LogP contribution in [0, 0.1) is 20.8 Å². The SMILES string of the molecule is CCS(=O)(=O)c1ccccc1C(=O)OCC(=O)Nc1cc(C)nn1-c1nc(C)cc(C)n1. The van der Waals surface area contributed by atoms with Gasteiger partial charge in [-0.15, -0.1) is 0 Å². The minimum atomic E-state index is -3.63. The fourth-order valence-electron chi connectivity index (χ4n) is 2.99. The number of aromatic nitrogens is 4. The molecule has 1 N–H and O–H groups in total. The van der Waals surface area contributed by atoms with Gasteiger partial charge in [0.1, 0.15) is 5.82 Å². The summed E-state index contributed by atoms with van der Waals surface area (Å²) in [6.45, 7) is 6.26. The molecular weight excluding hydrogens is 434 g/mol. The second kappa shape index (κ2) is 9.27. The highest BCUT2D eigenvalue weighted by atomic mass is 32.2. The van der Waals surface area contributed by atoms with Gasteiger partial charge in [-0.05, 0) is 39.0 Å². The Labute approximate surface area is 185 Å². The first kappa shape index (κ1) is 23.1. The quantitative estimate of drug-likeness (QED) is 0.534. The van der Waals surface area contributed by atoms with Crippen LogP contribution in [0.25, 0.3) is 5.95 Å². The molecule has 0 aliphatic rings. The first-order valence-electron chi connectivity index (χ1n) is 9.79. The number of benzene rings is 1. The molecule has 10 nitrogen and oxygen atoms in total. The maximum absolute atomic E-state index is 12.4. The predicted molar refractivity (Wildman–Crippen MR) is 116 cm³/mol. The van der Waals surface area contributed by atoms with Gasteiger partial charge in [0.05, 0.1) is 21.9 Å². The predicted octanol–water partition coefficient (Wildman–Crippen LogP) is 2.18. The number of nitrogens with one attached hydrogen (secondary N) is 1. The van der Waals surface area contributed by atoms with Crippen LogP contribution in [0.1, 0.15) is 34.4 Å². The Hall–Kier alpha value is -3.60. The normalized spacial score (nSPS) is 11.2. The maximum Gasteiger partial charge on any atom is 0.339 e. The van der Waals surface area contributed by atoms with E-state index >= 15 is 0 Å². The number of sulfone groups is 1. The van der Waals surface area contributed by atoms with Crippen LogP contribution in [-0.4, -0.2) is 52.4 Å². The maximum atomic E-state index is 12.4. The number of hydrogen-bond acceptors (Lipinski definition) is 8. The summed E-state index contributed by atoms with van der Waals surface area (Å²) in [6.07, 6.45) is 0. The summed E-state index contributed by atoms with van der Waals surface area (Å²) >= 11 is 0. The van der Waals surface area contributed by atoms with Crippen molar-refractivity contribution < 1.29 is 22.7 Å². The summed E-state index contributed by atoms with van der Waals surface area (Å²) in [5, 5.41) is 6.93. The number of amides is 1. The molecule has 0 fully saturated rings. The molecule has 3 rings (SSSR count). The van der Waals surface area contributed by atoms with Crippen LogP contribution in [0.2, 0.25) is 0 Å². The lowest BCUT2D eigenvalue weighted by Crippen LogP contribution is -2.23. The third kappa shape index (κ3) is 5.17. The van der Waals surface area contributed by atoms with Crippen LogP contribution in [0.5, 0.6) is 0 Å². The van der Waals surface area contributed by atoms with Gasteiger partial charge in [0.25, 0.3) is 11.9 Å².